The van der Waals surface area contributed by atoms with Crippen LogP contribution in [0.4, 0.5) is 0 Å². The molecule has 0 bridgehead atoms. The van der Waals surface area contributed by atoms with Crippen LogP contribution in [-0.2, 0) is 29.1 Å². The van der Waals surface area contributed by atoms with E-state index in [2.05, 4.69) is 41.7 Å². The van der Waals surface area contributed by atoms with Gasteiger partial charge in [0.25, 0.3) is 0 Å². The van der Waals surface area contributed by atoms with E-state index in [9.17, 15) is 18.0 Å². The zero-order chi connectivity index (χ0) is 34.6. The van der Waals surface area contributed by atoms with Crippen LogP contribution < -0.4 is 5.32 Å². The molecule has 5 aromatic rings. The number of ether oxygens (including phenoxy) is 1. The van der Waals surface area contributed by atoms with Crippen molar-refractivity contribution in [1.29, 1.82) is 0 Å². The van der Waals surface area contributed by atoms with Gasteiger partial charge in [-0.2, -0.15) is 4.31 Å². The van der Waals surface area contributed by atoms with E-state index < -0.39 is 38.3 Å². The lowest BCUT2D eigenvalue weighted by Crippen LogP contribution is -2.47. The monoisotopic (exact) mass is 692 g/mol. The van der Waals surface area contributed by atoms with Crippen molar-refractivity contribution >= 4 is 44.4 Å². The molecule has 0 aromatic heterocycles. The van der Waals surface area contributed by atoms with Crippen LogP contribution in [0.3, 0.4) is 0 Å². The van der Waals surface area contributed by atoms with Crippen LogP contribution in [0.5, 0.6) is 0 Å². The first-order chi connectivity index (χ1) is 23.5. The maximum atomic E-state index is 14.5. The number of hydrogen-bond donors (Lipinski definition) is 1. The molecule has 1 saturated heterocycles. The molecular weight excluding hydrogens is 653 g/mol. The molecule has 0 spiro atoms. The Morgan fingerprint density at radius 2 is 1.27 bits per heavy atom. The fourth-order valence-corrected chi connectivity index (χ4v) is 10.1. The molecule has 1 aliphatic heterocycles. The summed E-state index contributed by atoms with van der Waals surface area (Å²) in [5, 5.41) is 4.09. The average molecular weight is 693 g/mol. The van der Waals surface area contributed by atoms with E-state index >= 15 is 0 Å². The number of benzene rings is 5. The Labute approximate surface area is 292 Å². The highest BCUT2D eigenvalue weighted by molar-refractivity contribution is 8.01. The summed E-state index contributed by atoms with van der Waals surface area (Å²) in [4.78, 5) is 26.6. The van der Waals surface area contributed by atoms with Crippen LogP contribution in [0.2, 0.25) is 0 Å². The molecule has 5 aromatic carbocycles. The summed E-state index contributed by atoms with van der Waals surface area (Å²) in [6.07, 6.45) is 0.242. The number of hydrogen-bond acceptors (Lipinski definition) is 6. The highest BCUT2D eigenvalue weighted by Crippen LogP contribution is 2.52. The SMILES string of the molecule is CC(C)(C)OC(=O)CNC(=O)C1CC(SC(c2ccccc2)(c2ccccc2)c2ccccc2)CN1S(=O)(=O)c1ccc2ccccc2c1. The topological polar surface area (TPSA) is 92.8 Å². The Kier molecular flexibility index (Phi) is 9.97. The largest absolute Gasteiger partial charge is 0.459 e. The van der Waals surface area contributed by atoms with Crippen LogP contribution >= 0.6 is 11.8 Å². The molecular formula is C40H40N2O5S2. The Morgan fingerprint density at radius 3 is 1.80 bits per heavy atom. The van der Waals surface area contributed by atoms with E-state index in [-0.39, 0.29) is 29.7 Å². The third-order valence-corrected chi connectivity index (χ3v) is 12.2. The Balaban J connectivity index is 1.40. The van der Waals surface area contributed by atoms with Crippen molar-refractivity contribution in [2.75, 3.05) is 13.1 Å². The van der Waals surface area contributed by atoms with Gasteiger partial charge in [-0.3, -0.25) is 9.59 Å². The number of carbonyl (C=O) groups excluding carboxylic acids is 2. The van der Waals surface area contributed by atoms with Crippen LogP contribution in [0.15, 0.2) is 138 Å². The van der Waals surface area contributed by atoms with Gasteiger partial charge in [-0.15, -0.1) is 11.8 Å². The normalized spacial score (nSPS) is 17.1. The molecule has 1 N–H and O–H groups in total. The lowest BCUT2D eigenvalue weighted by molar-refractivity contribution is -0.154. The summed E-state index contributed by atoms with van der Waals surface area (Å²) < 4.78 is 35.0. The molecule has 1 amide bonds. The maximum Gasteiger partial charge on any atom is 0.325 e. The van der Waals surface area contributed by atoms with E-state index in [0.29, 0.717) is 0 Å². The number of fused-ring (bicyclic) bond motifs is 1. The minimum atomic E-state index is -4.13. The molecule has 1 fully saturated rings. The Bertz CT molecular complexity index is 1930. The minimum Gasteiger partial charge on any atom is -0.459 e. The second-order valence-corrected chi connectivity index (χ2v) is 16.6. The van der Waals surface area contributed by atoms with E-state index in [1.54, 1.807) is 50.7 Å². The van der Waals surface area contributed by atoms with Crippen molar-refractivity contribution in [2.24, 2.45) is 0 Å². The first kappa shape index (κ1) is 34.4. The van der Waals surface area contributed by atoms with Crippen LogP contribution in [0, 0.1) is 0 Å². The van der Waals surface area contributed by atoms with Gasteiger partial charge < -0.3 is 10.1 Å². The lowest BCUT2D eigenvalue weighted by Gasteiger charge is -2.37. The molecule has 49 heavy (non-hydrogen) atoms. The van der Waals surface area contributed by atoms with Gasteiger partial charge in [0.1, 0.15) is 18.2 Å². The Hall–Kier alpha value is -4.44. The number of thioether (sulfide) groups is 1. The number of rotatable bonds is 10. The number of nitrogens with zero attached hydrogens (tertiary/aromatic N) is 1. The first-order valence-electron chi connectivity index (χ1n) is 16.3. The predicted octanol–water partition coefficient (Wildman–Crippen LogP) is 7.15. The minimum absolute atomic E-state index is 0.0958. The summed E-state index contributed by atoms with van der Waals surface area (Å²) in [6, 6.07) is 42.1. The number of sulfonamides is 1. The van der Waals surface area contributed by atoms with Gasteiger partial charge >= 0.3 is 5.97 Å². The van der Waals surface area contributed by atoms with Gasteiger partial charge in [0.05, 0.1) is 9.64 Å². The van der Waals surface area contributed by atoms with Crippen molar-refractivity contribution < 1.29 is 22.7 Å². The summed E-state index contributed by atoms with van der Waals surface area (Å²) in [5.74, 6) is -1.13. The summed E-state index contributed by atoms with van der Waals surface area (Å²) in [5.41, 5.74) is 2.40. The van der Waals surface area contributed by atoms with Crippen molar-refractivity contribution in [2.45, 2.75) is 53.7 Å². The van der Waals surface area contributed by atoms with Crippen LogP contribution in [0.1, 0.15) is 43.9 Å². The quantitative estimate of drug-likeness (QED) is 0.123. The predicted molar refractivity (Wildman–Crippen MR) is 196 cm³/mol. The maximum absolute atomic E-state index is 14.5. The second kappa shape index (κ2) is 14.2. The molecule has 0 saturated carbocycles. The van der Waals surface area contributed by atoms with Gasteiger partial charge in [0, 0.05) is 11.8 Å². The molecule has 0 radical (unpaired) electrons. The van der Waals surface area contributed by atoms with Crippen molar-refractivity contribution in [1.82, 2.24) is 9.62 Å². The van der Waals surface area contributed by atoms with E-state index in [1.165, 1.54) is 4.31 Å². The fraction of sp³-hybridized carbons (Fsp3) is 0.250. The zero-order valence-electron chi connectivity index (χ0n) is 27.8. The van der Waals surface area contributed by atoms with Crippen LogP contribution in [-0.4, -0.2) is 54.6 Å². The summed E-state index contributed by atoms with van der Waals surface area (Å²) >= 11 is 1.65. The second-order valence-electron chi connectivity index (χ2n) is 13.2. The molecule has 252 valence electrons. The summed E-state index contributed by atoms with van der Waals surface area (Å²) in [6.45, 7) is 4.99. The molecule has 7 nitrogen and oxygen atoms in total. The van der Waals surface area contributed by atoms with Crippen molar-refractivity contribution in [3.8, 4) is 0 Å². The highest BCUT2D eigenvalue weighted by atomic mass is 32.2. The highest BCUT2D eigenvalue weighted by Gasteiger charge is 2.48. The van der Waals surface area contributed by atoms with Gasteiger partial charge in [0.15, 0.2) is 0 Å². The molecule has 1 heterocycles. The lowest BCUT2D eigenvalue weighted by atomic mass is 9.84. The van der Waals surface area contributed by atoms with Crippen molar-refractivity contribution in [3.05, 3.63) is 150 Å². The van der Waals surface area contributed by atoms with E-state index in [1.807, 2.05) is 78.9 Å². The van der Waals surface area contributed by atoms with Gasteiger partial charge in [-0.25, -0.2) is 8.42 Å². The van der Waals surface area contributed by atoms with Gasteiger partial charge in [-0.05, 0) is 66.8 Å². The molecule has 2 unspecified atom stereocenters. The first-order valence-corrected chi connectivity index (χ1v) is 18.6. The molecule has 6 rings (SSSR count). The van der Waals surface area contributed by atoms with Gasteiger partial charge in [-0.1, -0.05) is 121 Å². The number of esters is 1. The van der Waals surface area contributed by atoms with Gasteiger partial charge in [0.2, 0.25) is 15.9 Å². The molecule has 2 atom stereocenters. The Morgan fingerprint density at radius 1 is 0.755 bits per heavy atom. The third-order valence-electron chi connectivity index (χ3n) is 8.56. The number of carbonyl (C=O) groups is 2. The van der Waals surface area contributed by atoms with E-state index in [0.717, 1.165) is 27.5 Å². The average Bonchev–Trinajstić information content (AvgIpc) is 3.54. The van der Waals surface area contributed by atoms with Crippen LogP contribution in [0.25, 0.3) is 10.8 Å². The smallest absolute Gasteiger partial charge is 0.325 e. The summed E-state index contributed by atoms with van der Waals surface area (Å²) in [7, 11) is -4.13. The molecule has 9 heteroatoms. The standard InChI is InChI=1S/C40H40N2O5S2/c1-39(2,3)47-37(43)27-41-38(44)36-26-34(28-42(36)49(45,46)35-24-23-29-15-13-14-16-30(29)25-35)48-40(31-17-7-4-8-18-31,32-19-9-5-10-20-32)33-21-11-6-12-22-33/h4-25,34,36H,26-28H2,1-3H3,(H,41,44). The number of nitrogens with one attached hydrogen (secondary N) is 1. The number of amides is 1. The zero-order valence-corrected chi connectivity index (χ0v) is 29.4. The van der Waals surface area contributed by atoms with E-state index in [4.69, 9.17) is 4.74 Å². The van der Waals surface area contributed by atoms with Crippen molar-refractivity contribution in [3.63, 3.8) is 0 Å². The third kappa shape index (κ3) is 7.44. The molecule has 1 aliphatic rings. The fourth-order valence-electron chi connectivity index (χ4n) is 6.45. The molecule has 0 aliphatic carbocycles.